The fourth-order valence-corrected chi connectivity index (χ4v) is 2.26. The number of carbonyl (C=O) groups is 1. The third kappa shape index (κ3) is 3.90. The van der Waals surface area contributed by atoms with Crippen molar-refractivity contribution in [2.75, 3.05) is 6.54 Å². The molecule has 2 unspecified atom stereocenters. The van der Waals surface area contributed by atoms with E-state index in [2.05, 4.69) is 5.32 Å². The summed E-state index contributed by atoms with van der Waals surface area (Å²) in [5.41, 5.74) is -0.303. The number of rotatable bonds is 5. The van der Waals surface area contributed by atoms with Crippen LogP contribution in [0.1, 0.15) is 30.1 Å². The lowest BCUT2D eigenvalue weighted by Crippen LogP contribution is -2.32. The van der Waals surface area contributed by atoms with Gasteiger partial charge in [0.25, 0.3) is 0 Å². The van der Waals surface area contributed by atoms with Gasteiger partial charge in [0.15, 0.2) is 0 Å². The first kappa shape index (κ1) is 17.0. The van der Waals surface area contributed by atoms with Crippen LogP contribution in [-0.2, 0) is 4.79 Å². The third-order valence-corrected chi connectivity index (χ3v) is 3.56. The molecule has 0 aliphatic heterocycles. The average molecular weight is 323 g/mol. The molecule has 2 N–H and O–H groups in total. The highest BCUT2D eigenvalue weighted by Gasteiger charge is 2.23. The molecule has 0 spiro atoms. The van der Waals surface area contributed by atoms with Gasteiger partial charge in [-0.25, -0.2) is 13.2 Å². The summed E-state index contributed by atoms with van der Waals surface area (Å²) in [4.78, 5) is 12.0. The van der Waals surface area contributed by atoms with Crippen LogP contribution in [0.5, 0.6) is 0 Å². The predicted octanol–water partition coefficient (Wildman–Crippen LogP) is 3.06. The van der Waals surface area contributed by atoms with Crippen LogP contribution in [0.2, 0.25) is 0 Å². The number of benzene rings is 2. The van der Waals surface area contributed by atoms with Gasteiger partial charge in [0.05, 0.1) is 12.0 Å². The second kappa shape index (κ2) is 7.28. The molecule has 2 rings (SSSR count). The number of aliphatic hydroxyl groups is 1. The molecule has 0 saturated heterocycles. The molecule has 0 fully saturated rings. The summed E-state index contributed by atoms with van der Waals surface area (Å²) < 4.78 is 40.8. The molecule has 122 valence electrons. The molecule has 2 aromatic carbocycles. The molecule has 0 heterocycles. The number of amides is 1. The fraction of sp³-hybridized carbons (Fsp3) is 0.235. The molecule has 0 radical (unpaired) electrons. The van der Waals surface area contributed by atoms with Crippen LogP contribution in [0.25, 0.3) is 0 Å². The van der Waals surface area contributed by atoms with E-state index in [1.807, 2.05) is 0 Å². The van der Waals surface area contributed by atoms with Gasteiger partial charge < -0.3 is 10.4 Å². The van der Waals surface area contributed by atoms with Gasteiger partial charge in [-0.2, -0.15) is 0 Å². The lowest BCUT2D eigenvalue weighted by atomic mass is 9.99. The van der Waals surface area contributed by atoms with Crippen LogP contribution in [-0.4, -0.2) is 17.6 Å². The lowest BCUT2D eigenvalue weighted by molar-refractivity contribution is -0.122. The van der Waals surface area contributed by atoms with Crippen molar-refractivity contribution in [1.29, 1.82) is 0 Å². The van der Waals surface area contributed by atoms with E-state index in [0.717, 1.165) is 12.1 Å². The van der Waals surface area contributed by atoms with Gasteiger partial charge in [0.1, 0.15) is 17.5 Å². The number of hydrogen-bond donors (Lipinski definition) is 2. The van der Waals surface area contributed by atoms with Crippen molar-refractivity contribution in [3.05, 3.63) is 71.0 Å². The Labute approximate surface area is 131 Å². The van der Waals surface area contributed by atoms with Crippen molar-refractivity contribution in [2.24, 2.45) is 0 Å². The van der Waals surface area contributed by atoms with E-state index in [9.17, 15) is 23.1 Å². The summed E-state index contributed by atoms with van der Waals surface area (Å²) >= 11 is 0. The van der Waals surface area contributed by atoms with Gasteiger partial charge in [0.2, 0.25) is 5.91 Å². The molecule has 0 aliphatic carbocycles. The van der Waals surface area contributed by atoms with E-state index in [0.29, 0.717) is 0 Å². The first-order valence-corrected chi connectivity index (χ1v) is 7.06. The minimum atomic E-state index is -1.25. The topological polar surface area (TPSA) is 49.3 Å². The molecule has 0 bridgehead atoms. The molecule has 1 amide bonds. The predicted molar refractivity (Wildman–Crippen MR) is 79.1 cm³/mol. The van der Waals surface area contributed by atoms with Gasteiger partial charge >= 0.3 is 0 Å². The zero-order chi connectivity index (χ0) is 17.0. The second-order valence-electron chi connectivity index (χ2n) is 5.14. The Morgan fingerprint density at radius 1 is 1.04 bits per heavy atom. The Bertz CT molecular complexity index is 686. The van der Waals surface area contributed by atoms with Gasteiger partial charge in [-0.05, 0) is 25.1 Å². The van der Waals surface area contributed by atoms with Gasteiger partial charge in [-0.15, -0.1) is 0 Å². The summed E-state index contributed by atoms with van der Waals surface area (Å²) in [5, 5.41) is 12.3. The number of halogens is 3. The Balaban J connectivity index is 2.03. The van der Waals surface area contributed by atoms with Crippen LogP contribution in [0, 0.1) is 17.5 Å². The Morgan fingerprint density at radius 2 is 1.61 bits per heavy atom. The Kier molecular flexibility index (Phi) is 5.39. The lowest BCUT2D eigenvalue weighted by Gasteiger charge is -2.17. The largest absolute Gasteiger partial charge is 0.386 e. The summed E-state index contributed by atoms with van der Waals surface area (Å²) in [6, 6.07) is 8.96. The van der Waals surface area contributed by atoms with E-state index < -0.39 is 35.4 Å². The van der Waals surface area contributed by atoms with E-state index >= 15 is 0 Å². The minimum Gasteiger partial charge on any atom is -0.386 e. The zero-order valence-corrected chi connectivity index (χ0v) is 12.4. The smallest absolute Gasteiger partial charge is 0.227 e. The summed E-state index contributed by atoms with van der Waals surface area (Å²) in [7, 11) is 0. The second-order valence-corrected chi connectivity index (χ2v) is 5.14. The number of aliphatic hydroxyl groups excluding tert-OH is 1. The quantitative estimate of drug-likeness (QED) is 0.888. The molecule has 6 heteroatoms. The summed E-state index contributed by atoms with van der Waals surface area (Å²) in [6.45, 7) is 1.09. The third-order valence-electron chi connectivity index (χ3n) is 3.56. The molecular weight excluding hydrogens is 307 g/mol. The van der Waals surface area contributed by atoms with E-state index in [1.54, 1.807) is 6.07 Å². The van der Waals surface area contributed by atoms with E-state index in [4.69, 9.17) is 0 Å². The molecule has 2 atom stereocenters. The molecule has 0 saturated carbocycles. The molecule has 0 aromatic heterocycles. The van der Waals surface area contributed by atoms with Crippen LogP contribution >= 0.6 is 0 Å². The minimum absolute atomic E-state index is 0.0394. The van der Waals surface area contributed by atoms with Gasteiger partial charge in [0, 0.05) is 17.7 Å². The van der Waals surface area contributed by atoms with Gasteiger partial charge in [-0.1, -0.05) is 24.3 Å². The first-order valence-electron chi connectivity index (χ1n) is 7.06. The fourth-order valence-electron chi connectivity index (χ4n) is 2.26. The highest BCUT2D eigenvalue weighted by Crippen LogP contribution is 2.23. The Morgan fingerprint density at radius 3 is 2.22 bits per heavy atom. The van der Waals surface area contributed by atoms with Crippen LogP contribution in [0.3, 0.4) is 0 Å². The molecule has 3 nitrogen and oxygen atoms in total. The van der Waals surface area contributed by atoms with Crippen LogP contribution in [0.4, 0.5) is 13.2 Å². The normalized spacial score (nSPS) is 13.4. The maximum absolute atomic E-state index is 13.7. The standard InChI is InChI=1S/C17H16F3NO2/c1-10(16-13(19)7-4-8-14(16)20)17(23)21-9-15(22)11-5-2-3-6-12(11)18/h2-8,10,15,22H,9H2,1H3,(H,21,23). The van der Waals surface area contributed by atoms with Crippen molar-refractivity contribution in [1.82, 2.24) is 5.32 Å². The first-order chi connectivity index (χ1) is 10.9. The molecule has 0 aliphatic rings. The summed E-state index contributed by atoms with van der Waals surface area (Å²) in [5.74, 6) is -3.97. The summed E-state index contributed by atoms with van der Waals surface area (Å²) in [6.07, 6.45) is -1.25. The molecule has 2 aromatic rings. The molecular formula is C17H16F3NO2. The zero-order valence-electron chi connectivity index (χ0n) is 12.4. The van der Waals surface area contributed by atoms with E-state index in [-0.39, 0.29) is 17.7 Å². The van der Waals surface area contributed by atoms with Crippen LogP contribution < -0.4 is 5.32 Å². The van der Waals surface area contributed by atoms with Crippen molar-refractivity contribution >= 4 is 5.91 Å². The number of hydrogen-bond acceptors (Lipinski definition) is 2. The monoisotopic (exact) mass is 323 g/mol. The highest BCUT2D eigenvalue weighted by atomic mass is 19.1. The van der Waals surface area contributed by atoms with Crippen molar-refractivity contribution in [2.45, 2.75) is 18.9 Å². The maximum atomic E-state index is 13.7. The highest BCUT2D eigenvalue weighted by molar-refractivity contribution is 5.83. The average Bonchev–Trinajstić information content (AvgIpc) is 2.52. The Hall–Kier alpha value is -2.34. The van der Waals surface area contributed by atoms with Crippen molar-refractivity contribution in [3.8, 4) is 0 Å². The van der Waals surface area contributed by atoms with Crippen molar-refractivity contribution in [3.63, 3.8) is 0 Å². The SMILES string of the molecule is CC(C(=O)NCC(O)c1ccccc1F)c1c(F)cccc1F. The van der Waals surface area contributed by atoms with Crippen molar-refractivity contribution < 1.29 is 23.1 Å². The van der Waals surface area contributed by atoms with Gasteiger partial charge in [-0.3, -0.25) is 4.79 Å². The number of nitrogens with one attached hydrogen (secondary N) is 1. The molecule has 23 heavy (non-hydrogen) atoms. The number of carbonyl (C=O) groups excluding carboxylic acids is 1. The van der Waals surface area contributed by atoms with E-state index in [1.165, 1.54) is 31.2 Å². The maximum Gasteiger partial charge on any atom is 0.227 e. The van der Waals surface area contributed by atoms with Crippen LogP contribution in [0.15, 0.2) is 42.5 Å².